The molecule has 1 saturated heterocycles. The van der Waals surface area contributed by atoms with Crippen LogP contribution in [-0.4, -0.2) is 52.4 Å². The van der Waals surface area contributed by atoms with Gasteiger partial charge in [-0.15, -0.1) is 0 Å². The predicted molar refractivity (Wildman–Crippen MR) is 113 cm³/mol. The molecule has 0 bridgehead atoms. The number of carbonyl (C=O) groups is 1. The molecule has 0 unspecified atom stereocenters. The van der Waals surface area contributed by atoms with Crippen LogP contribution in [0.3, 0.4) is 0 Å². The van der Waals surface area contributed by atoms with Crippen molar-refractivity contribution in [1.82, 2.24) is 9.62 Å². The molecule has 0 aromatic heterocycles. The first-order chi connectivity index (χ1) is 13.9. The molecule has 1 atom stereocenters. The molecule has 1 aliphatic heterocycles. The maximum atomic E-state index is 12.9. The molecule has 2 N–H and O–H groups in total. The number of hydrogen-bond acceptors (Lipinski definition) is 3. The van der Waals surface area contributed by atoms with Crippen LogP contribution in [0.5, 0.6) is 0 Å². The van der Waals surface area contributed by atoms with Gasteiger partial charge in [0, 0.05) is 18.7 Å². The first kappa shape index (κ1) is 21.5. The van der Waals surface area contributed by atoms with Gasteiger partial charge in [0.15, 0.2) is 0 Å². The van der Waals surface area contributed by atoms with Gasteiger partial charge in [0.2, 0.25) is 10.0 Å². The number of likely N-dealkylation sites (N-methyl/N-ethyl adjacent to an activating group) is 1. The Morgan fingerprint density at radius 1 is 1.03 bits per heavy atom. The number of nitrogens with one attached hydrogen (secondary N) is 2. The Morgan fingerprint density at radius 2 is 1.72 bits per heavy atom. The molecule has 7 heteroatoms. The first-order valence-corrected chi connectivity index (χ1v) is 11.6. The fraction of sp³-hybridized carbons (Fsp3) is 0.409. The number of amides is 1. The van der Waals surface area contributed by atoms with Crippen molar-refractivity contribution in [3.63, 3.8) is 0 Å². The summed E-state index contributed by atoms with van der Waals surface area (Å²) >= 11 is 0. The summed E-state index contributed by atoms with van der Waals surface area (Å²) < 4.78 is 27.4. The second-order valence-electron chi connectivity index (χ2n) is 7.84. The van der Waals surface area contributed by atoms with Crippen molar-refractivity contribution < 1.29 is 18.1 Å². The number of quaternary nitrogens is 1. The topological polar surface area (TPSA) is 70.9 Å². The number of piperidine rings is 1. The van der Waals surface area contributed by atoms with Gasteiger partial charge in [-0.05, 0) is 36.6 Å². The molecule has 1 amide bonds. The van der Waals surface area contributed by atoms with Crippen molar-refractivity contribution in [1.29, 1.82) is 0 Å². The first-order valence-electron chi connectivity index (χ1n) is 10.1. The maximum Gasteiger partial charge on any atom is 0.252 e. The van der Waals surface area contributed by atoms with E-state index < -0.39 is 10.0 Å². The van der Waals surface area contributed by atoms with E-state index in [0.29, 0.717) is 18.7 Å². The monoisotopic (exact) mass is 416 g/mol. The van der Waals surface area contributed by atoms with Crippen LogP contribution >= 0.6 is 0 Å². The molecular weight excluding hydrogens is 386 g/mol. The third kappa shape index (κ3) is 5.44. The number of nitrogens with zero attached hydrogens (tertiary/aromatic N) is 1. The average molecular weight is 417 g/mol. The highest BCUT2D eigenvalue weighted by Crippen LogP contribution is 2.21. The molecule has 0 saturated carbocycles. The Hall–Kier alpha value is -2.22. The lowest BCUT2D eigenvalue weighted by Crippen LogP contribution is -3.06. The van der Waals surface area contributed by atoms with Gasteiger partial charge < -0.3 is 10.2 Å². The van der Waals surface area contributed by atoms with Crippen LogP contribution < -0.4 is 10.2 Å². The minimum atomic E-state index is -3.57. The van der Waals surface area contributed by atoms with Gasteiger partial charge in [0.25, 0.3) is 5.91 Å². The van der Waals surface area contributed by atoms with E-state index >= 15 is 0 Å². The Morgan fingerprint density at radius 3 is 2.38 bits per heavy atom. The van der Waals surface area contributed by atoms with Crippen molar-refractivity contribution in [2.75, 3.05) is 33.7 Å². The molecule has 156 valence electrons. The molecule has 0 aliphatic carbocycles. The van der Waals surface area contributed by atoms with E-state index in [9.17, 15) is 13.2 Å². The third-order valence-electron chi connectivity index (χ3n) is 5.17. The molecule has 2 aromatic carbocycles. The summed E-state index contributed by atoms with van der Waals surface area (Å²) in [6, 6.07) is 16.0. The normalized spacial score (nSPS) is 16.5. The fourth-order valence-corrected chi connectivity index (χ4v) is 5.20. The van der Waals surface area contributed by atoms with Crippen molar-refractivity contribution in [2.24, 2.45) is 0 Å². The van der Waals surface area contributed by atoms with Crippen LogP contribution in [0.15, 0.2) is 59.5 Å². The molecule has 0 radical (unpaired) electrons. The maximum absolute atomic E-state index is 12.9. The van der Waals surface area contributed by atoms with E-state index in [1.165, 1.54) is 15.3 Å². The molecule has 2 aromatic rings. The third-order valence-corrected chi connectivity index (χ3v) is 7.06. The number of hydrogen-bond donors (Lipinski definition) is 2. The minimum absolute atomic E-state index is 0.156. The lowest BCUT2D eigenvalue weighted by Gasteiger charge is -2.26. The second kappa shape index (κ2) is 9.52. The Labute approximate surface area is 173 Å². The van der Waals surface area contributed by atoms with Gasteiger partial charge >= 0.3 is 0 Å². The highest BCUT2D eigenvalue weighted by atomic mass is 32.2. The van der Waals surface area contributed by atoms with E-state index in [2.05, 4.69) is 5.32 Å². The second-order valence-corrected chi connectivity index (χ2v) is 9.78. The van der Waals surface area contributed by atoms with E-state index in [0.717, 1.165) is 31.4 Å². The average Bonchev–Trinajstić information content (AvgIpc) is 2.74. The summed E-state index contributed by atoms with van der Waals surface area (Å²) in [4.78, 5) is 14.3. The van der Waals surface area contributed by atoms with Gasteiger partial charge in [-0.2, -0.15) is 4.31 Å². The molecule has 0 spiro atoms. The summed E-state index contributed by atoms with van der Waals surface area (Å²) in [5, 5.41) is 3.07. The number of sulfonamides is 1. The lowest BCUT2D eigenvalue weighted by atomic mass is 10.1. The molecule has 3 rings (SSSR count). The Balaban J connectivity index is 1.81. The van der Waals surface area contributed by atoms with Crippen molar-refractivity contribution >= 4 is 15.9 Å². The van der Waals surface area contributed by atoms with Gasteiger partial charge in [-0.3, -0.25) is 4.79 Å². The van der Waals surface area contributed by atoms with Crippen LogP contribution in [0.2, 0.25) is 0 Å². The van der Waals surface area contributed by atoms with E-state index in [-0.39, 0.29) is 16.8 Å². The van der Waals surface area contributed by atoms with Crippen LogP contribution in [0, 0.1) is 0 Å². The van der Waals surface area contributed by atoms with Gasteiger partial charge in [-0.1, -0.05) is 42.8 Å². The van der Waals surface area contributed by atoms with Crippen molar-refractivity contribution in [2.45, 2.75) is 30.2 Å². The Kier molecular flexibility index (Phi) is 7.05. The highest BCUT2D eigenvalue weighted by molar-refractivity contribution is 7.89. The van der Waals surface area contributed by atoms with Gasteiger partial charge in [0.05, 0.1) is 19.0 Å². The standard InChI is InChI=1S/C22H29N3O3S/c1-24(2)17-21(18-10-5-3-6-11-18)23-22(26)19-12-9-13-20(16-19)29(27,28)25-14-7-4-8-15-25/h3,5-6,9-13,16,21H,4,7-8,14-15,17H2,1-2H3,(H,23,26)/p+1/t21-/m1/s1. The molecule has 1 aliphatic rings. The van der Waals surface area contributed by atoms with Gasteiger partial charge in [-0.25, -0.2) is 8.42 Å². The summed E-state index contributed by atoms with van der Waals surface area (Å²) in [5.41, 5.74) is 1.39. The number of rotatable bonds is 7. The molecule has 29 heavy (non-hydrogen) atoms. The van der Waals surface area contributed by atoms with Crippen LogP contribution in [0.25, 0.3) is 0 Å². The SMILES string of the molecule is C[NH+](C)C[C@@H](NC(=O)c1cccc(S(=O)(=O)N2CCCCC2)c1)c1ccccc1. The van der Waals surface area contributed by atoms with Crippen LogP contribution in [0.1, 0.15) is 41.2 Å². The molecule has 6 nitrogen and oxygen atoms in total. The molecular formula is C22H30N3O3S+. The summed E-state index contributed by atoms with van der Waals surface area (Å²) in [7, 11) is 0.503. The summed E-state index contributed by atoms with van der Waals surface area (Å²) in [6.07, 6.45) is 2.82. The zero-order chi connectivity index (χ0) is 20.9. The van der Waals surface area contributed by atoms with E-state index in [1.807, 2.05) is 44.4 Å². The largest absolute Gasteiger partial charge is 0.340 e. The summed E-state index contributed by atoms with van der Waals surface area (Å²) in [5.74, 6) is -0.268. The lowest BCUT2D eigenvalue weighted by molar-refractivity contribution is -0.860. The van der Waals surface area contributed by atoms with Crippen LogP contribution in [-0.2, 0) is 10.0 Å². The quantitative estimate of drug-likeness (QED) is 0.718. The van der Waals surface area contributed by atoms with E-state index in [1.54, 1.807) is 18.2 Å². The molecule has 1 fully saturated rings. The zero-order valence-corrected chi connectivity index (χ0v) is 17.9. The van der Waals surface area contributed by atoms with Crippen molar-refractivity contribution in [3.05, 3.63) is 65.7 Å². The smallest absolute Gasteiger partial charge is 0.252 e. The Bertz CT molecular complexity index is 923. The summed E-state index contributed by atoms with van der Waals surface area (Å²) in [6.45, 7) is 1.81. The van der Waals surface area contributed by atoms with Crippen LogP contribution in [0.4, 0.5) is 0 Å². The molecule has 1 heterocycles. The predicted octanol–water partition coefficient (Wildman–Crippen LogP) is 1.48. The van der Waals surface area contributed by atoms with Gasteiger partial charge in [0.1, 0.15) is 12.6 Å². The fourth-order valence-electron chi connectivity index (χ4n) is 3.64. The number of benzene rings is 2. The highest BCUT2D eigenvalue weighted by Gasteiger charge is 2.27. The number of carbonyl (C=O) groups excluding carboxylic acids is 1. The zero-order valence-electron chi connectivity index (χ0n) is 17.1. The van der Waals surface area contributed by atoms with E-state index in [4.69, 9.17) is 0 Å². The minimum Gasteiger partial charge on any atom is -0.340 e. The van der Waals surface area contributed by atoms with Crippen molar-refractivity contribution in [3.8, 4) is 0 Å².